The van der Waals surface area contributed by atoms with Crippen molar-refractivity contribution in [3.8, 4) is 6.07 Å². The number of amides is 2. The summed E-state index contributed by atoms with van der Waals surface area (Å²) in [6.45, 7) is 5.69. The van der Waals surface area contributed by atoms with E-state index >= 15 is 0 Å². The number of piperazine rings is 1. The molecule has 19 heavy (non-hydrogen) atoms. The van der Waals surface area contributed by atoms with E-state index in [1.54, 1.807) is 0 Å². The van der Waals surface area contributed by atoms with E-state index in [1.807, 2.05) is 4.90 Å². The van der Waals surface area contributed by atoms with Crippen molar-refractivity contribution >= 4 is 6.03 Å². The minimum Gasteiger partial charge on any atom is -0.336 e. The van der Waals surface area contributed by atoms with E-state index in [0.29, 0.717) is 12.1 Å². The number of hydrogen-bond acceptors (Lipinski definition) is 3. The fourth-order valence-electron chi connectivity index (χ4n) is 3.83. The second kappa shape index (κ2) is 5.01. The van der Waals surface area contributed by atoms with Crippen molar-refractivity contribution in [3.63, 3.8) is 0 Å². The van der Waals surface area contributed by atoms with Gasteiger partial charge in [-0.1, -0.05) is 6.92 Å². The molecule has 0 radical (unpaired) electrons. The van der Waals surface area contributed by atoms with Crippen LogP contribution in [0.4, 0.5) is 4.79 Å². The highest BCUT2D eigenvalue weighted by atomic mass is 16.2. The van der Waals surface area contributed by atoms with Crippen molar-refractivity contribution in [2.24, 2.45) is 11.8 Å². The first kappa shape index (κ1) is 12.7. The lowest BCUT2D eigenvalue weighted by atomic mass is 9.78. The summed E-state index contributed by atoms with van der Waals surface area (Å²) in [6, 6.07) is 3.28. The third-order valence-electron chi connectivity index (χ3n) is 4.98. The van der Waals surface area contributed by atoms with Gasteiger partial charge >= 0.3 is 6.03 Å². The molecule has 2 aliphatic heterocycles. The Kier molecular flexibility index (Phi) is 3.36. The van der Waals surface area contributed by atoms with E-state index in [4.69, 9.17) is 0 Å². The number of rotatable bonds is 1. The highest BCUT2D eigenvalue weighted by Gasteiger charge is 2.40. The predicted molar refractivity (Wildman–Crippen MR) is 71.4 cm³/mol. The van der Waals surface area contributed by atoms with Gasteiger partial charge in [-0.05, 0) is 25.2 Å². The molecule has 4 atom stereocenters. The third-order valence-corrected chi connectivity index (χ3v) is 4.98. The summed E-state index contributed by atoms with van der Waals surface area (Å²) in [6.07, 6.45) is 3.34. The zero-order chi connectivity index (χ0) is 13.4. The molecule has 0 aromatic heterocycles. The largest absolute Gasteiger partial charge is 0.336 e. The van der Waals surface area contributed by atoms with Gasteiger partial charge in [-0.25, -0.2) is 4.79 Å². The van der Waals surface area contributed by atoms with Crippen LogP contribution < -0.4 is 5.32 Å². The number of carbonyl (C=O) groups excluding carboxylic acids is 1. The monoisotopic (exact) mass is 262 g/mol. The van der Waals surface area contributed by atoms with Gasteiger partial charge in [0, 0.05) is 32.2 Å². The van der Waals surface area contributed by atoms with Crippen LogP contribution in [0.5, 0.6) is 0 Å². The molecule has 1 saturated carbocycles. The Morgan fingerprint density at radius 2 is 2.21 bits per heavy atom. The average Bonchev–Trinajstić information content (AvgIpc) is 2.80. The Morgan fingerprint density at radius 3 is 3.00 bits per heavy atom. The molecule has 2 saturated heterocycles. The molecule has 1 N–H and O–H groups in total. The summed E-state index contributed by atoms with van der Waals surface area (Å²) < 4.78 is 0. The molecule has 3 aliphatic rings. The van der Waals surface area contributed by atoms with Crippen LogP contribution in [-0.2, 0) is 0 Å². The van der Waals surface area contributed by atoms with Gasteiger partial charge in [0.15, 0.2) is 0 Å². The van der Waals surface area contributed by atoms with Crippen LogP contribution >= 0.6 is 0 Å². The molecular formula is C14H22N4O. The van der Waals surface area contributed by atoms with Gasteiger partial charge in [0.25, 0.3) is 0 Å². The number of nitrogens with one attached hydrogen (secondary N) is 1. The smallest absolute Gasteiger partial charge is 0.317 e. The lowest BCUT2D eigenvalue weighted by Gasteiger charge is -2.44. The molecule has 3 fully saturated rings. The minimum atomic E-state index is 0.0819. The van der Waals surface area contributed by atoms with Gasteiger partial charge in [0.2, 0.25) is 0 Å². The van der Waals surface area contributed by atoms with E-state index in [9.17, 15) is 10.1 Å². The van der Waals surface area contributed by atoms with E-state index < -0.39 is 0 Å². The van der Waals surface area contributed by atoms with Crippen molar-refractivity contribution in [2.75, 3.05) is 26.2 Å². The van der Waals surface area contributed by atoms with Crippen molar-refractivity contribution in [2.45, 2.75) is 38.3 Å². The average molecular weight is 262 g/mol. The van der Waals surface area contributed by atoms with Crippen LogP contribution in [0.3, 0.4) is 0 Å². The number of fused-ring (bicyclic) bond motifs is 1. The lowest BCUT2D eigenvalue weighted by Crippen LogP contribution is -2.57. The Balaban J connectivity index is 1.69. The lowest BCUT2D eigenvalue weighted by molar-refractivity contribution is 0.0465. The van der Waals surface area contributed by atoms with Gasteiger partial charge in [-0.15, -0.1) is 0 Å². The molecule has 5 nitrogen and oxygen atoms in total. The standard InChI is InChI=1S/C14H22N4O/c1-10-2-3-11(7-15)13(6-10)17-4-5-18-12(9-17)8-16-14(18)19/h10-13H,2-6,8-9H2,1H3,(H,16,19). The summed E-state index contributed by atoms with van der Waals surface area (Å²) in [7, 11) is 0. The molecule has 5 heteroatoms. The van der Waals surface area contributed by atoms with Crippen molar-refractivity contribution < 1.29 is 4.79 Å². The first-order valence-corrected chi connectivity index (χ1v) is 7.37. The third kappa shape index (κ3) is 2.30. The quantitative estimate of drug-likeness (QED) is 0.767. The Labute approximate surface area is 114 Å². The van der Waals surface area contributed by atoms with Gasteiger partial charge in [-0.3, -0.25) is 4.90 Å². The SMILES string of the molecule is CC1CCC(C#N)C(N2CCN3C(=O)NCC3C2)C1. The fraction of sp³-hybridized carbons (Fsp3) is 0.857. The second-order valence-corrected chi connectivity index (χ2v) is 6.25. The summed E-state index contributed by atoms with van der Waals surface area (Å²) >= 11 is 0. The maximum Gasteiger partial charge on any atom is 0.317 e. The molecule has 0 aromatic carbocycles. The second-order valence-electron chi connectivity index (χ2n) is 6.25. The highest BCUT2D eigenvalue weighted by molar-refractivity contribution is 5.77. The van der Waals surface area contributed by atoms with E-state index in [1.165, 1.54) is 6.42 Å². The maximum absolute atomic E-state index is 11.6. The zero-order valence-corrected chi connectivity index (χ0v) is 11.5. The molecule has 2 heterocycles. The molecule has 4 unspecified atom stereocenters. The minimum absolute atomic E-state index is 0.0819. The molecule has 0 aromatic rings. The zero-order valence-electron chi connectivity index (χ0n) is 11.5. The Morgan fingerprint density at radius 1 is 1.37 bits per heavy atom. The van der Waals surface area contributed by atoms with Crippen LogP contribution in [0.1, 0.15) is 26.2 Å². The van der Waals surface area contributed by atoms with Crippen LogP contribution in [-0.4, -0.2) is 54.1 Å². The fourth-order valence-corrected chi connectivity index (χ4v) is 3.83. The van der Waals surface area contributed by atoms with Gasteiger partial charge < -0.3 is 10.2 Å². The first-order valence-electron chi connectivity index (χ1n) is 7.37. The van der Waals surface area contributed by atoms with Crippen LogP contribution in [0.2, 0.25) is 0 Å². The van der Waals surface area contributed by atoms with Crippen molar-refractivity contribution in [1.29, 1.82) is 5.26 Å². The molecule has 104 valence electrons. The topological polar surface area (TPSA) is 59.4 Å². The van der Waals surface area contributed by atoms with Crippen LogP contribution in [0, 0.1) is 23.2 Å². The van der Waals surface area contributed by atoms with Crippen molar-refractivity contribution in [1.82, 2.24) is 15.1 Å². The molecule has 3 rings (SSSR count). The first-order chi connectivity index (χ1) is 9.19. The van der Waals surface area contributed by atoms with Crippen LogP contribution in [0.15, 0.2) is 0 Å². The number of nitriles is 1. The highest BCUT2D eigenvalue weighted by Crippen LogP contribution is 2.33. The van der Waals surface area contributed by atoms with Crippen molar-refractivity contribution in [3.05, 3.63) is 0 Å². The summed E-state index contributed by atoms with van der Waals surface area (Å²) in [4.78, 5) is 16.0. The van der Waals surface area contributed by atoms with Gasteiger partial charge in [0.1, 0.15) is 0 Å². The molecular weight excluding hydrogens is 240 g/mol. The molecule has 0 spiro atoms. The van der Waals surface area contributed by atoms with E-state index in [2.05, 4.69) is 23.2 Å². The Hall–Kier alpha value is -1.28. The van der Waals surface area contributed by atoms with E-state index in [0.717, 1.165) is 44.9 Å². The van der Waals surface area contributed by atoms with Gasteiger partial charge in [-0.2, -0.15) is 5.26 Å². The maximum atomic E-state index is 11.6. The number of carbonyl (C=O) groups is 1. The molecule has 0 bridgehead atoms. The number of nitrogens with zero attached hydrogens (tertiary/aromatic N) is 3. The van der Waals surface area contributed by atoms with E-state index in [-0.39, 0.29) is 11.9 Å². The number of hydrogen-bond donors (Lipinski definition) is 1. The normalized spacial score (nSPS) is 39.6. The Bertz CT molecular complexity index is 405. The molecule has 2 amide bonds. The van der Waals surface area contributed by atoms with Gasteiger partial charge in [0.05, 0.1) is 18.0 Å². The van der Waals surface area contributed by atoms with Crippen LogP contribution in [0.25, 0.3) is 0 Å². The predicted octanol–water partition coefficient (Wildman–Crippen LogP) is 1.02. The summed E-state index contributed by atoms with van der Waals surface area (Å²) in [5, 5.41) is 12.3. The summed E-state index contributed by atoms with van der Waals surface area (Å²) in [5.74, 6) is 0.892. The summed E-state index contributed by atoms with van der Waals surface area (Å²) in [5.41, 5.74) is 0. The number of urea groups is 1. The molecule has 1 aliphatic carbocycles.